The van der Waals surface area contributed by atoms with E-state index in [4.69, 9.17) is 5.11 Å². The van der Waals surface area contributed by atoms with Gasteiger partial charge in [0.2, 0.25) is 0 Å². The molecule has 0 radical (unpaired) electrons. The van der Waals surface area contributed by atoms with Gasteiger partial charge in [-0.2, -0.15) is 0 Å². The monoisotopic (exact) mass is 300 g/mol. The van der Waals surface area contributed by atoms with Crippen molar-refractivity contribution in [1.29, 1.82) is 0 Å². The minimum atomic E-state index is -1.30. The van der Waals surface area contributed by atoms with Gasteiger partial charge in [-0.25, -0.2) is 9.59 Å². The molecule has 2 rings (SSSR count). The second-order valence-corrected chi connectivity index (χ2v) is 4.46. The van der Waals surface area contributed by atoms with Gasteiger partial charge >= 0.3 is 11.9 Å². The number of rotatable bonds is 4. The molecule has 0 unspecified atom stereocenters. The fraction of sp³-hybridized carbons (Fsp3) is 0. The van der Waals surface area contributed by atoms with Crippen LogP contribution >= 0.6 is 0 Å². The van der Waals surface area contributed by atoms with Gasteiger partial charge in [-0.1, -0.05) is 24.3 Å². The molecule has 2 aromatic carbocycles. The molecule has 0 aromatic heterocycles. The van der Waals surface area contributed by atoms with Crippen LogP contribution in [0.5, 0.6) is 11.5 Å². The number of hydrogen-bond acceptors (Lipinski definition) is 4. The zero-order valence-electron chi connectivity index (χ0n) is 11.2. The van der Waals surface area contributed by atoms with Crippen molar-refractivity contribution in [2.45, 2.75) is 0 Å². The number of carboxylic acid groups (broad SMARTS) is 2. The van der Waals surface area contributed by atoms with Crippen LogP contribution < -0.4 is 0 Å². The average molecular weight is 300 g/mol. The average Bonchev–Trinajstić information content (AvgIpc) is 2.48. The normalized spacial score (nSPS) is 11.2. The van der Waals surface area contributed by atoms with Crippen molar-refractivity contribution in [3.05, 3.63) is 59.2 Å². The summed E-state index contributed by atoms with van der Waals surface area (Å²) in [5.74, 6) is -3.28. The molecule has 6 heteroatoms. The summed E-state index contributed by atoms with van der Waals surface area (Å²) < 4.78 is 0. The smallest absolute Gasteiger partial charge is 0.336 e. The van der Waals surface area contributed by atoms with E-state index in [2.05, 4.69) is 0 Å². The molecule has 0 aliphatic rings. The quantitative estimate of drug-likeness (QED) is 0.391. The summed E-state index contributed by atoms with van der Waals surface area (Å²) in [5, 5.41) is 37.2. The first-order valence-corrected chi connectivity index (χ1v) is 6.20. The van der Waals surface area contributed by atoms with Crippen molar-refractivity contribution >= 4 is 23.6 Å². The van der Waals surface area contributed by atoms with E-state index in [1.807, 2.05) is 0 Å². The van der Waals surface area contributed by atoms with Crippen LogP contribution in [0.15, 0.2) is 42.5 Å². The summed E-state index contributed by atoms with van der Waals surface area (Å²) in [5.41, 5.74) is -0.00908. The minimum absolute atomic E-state index is 0.0510. The second kappa shape index (κ2) is 6.01. The Kier molecular flexibility index (Phi) is 4.13. The summed E-state index contributed by atoms with van der Waals surface area (Å²) >= 11 is 0. The van der Waals surface area contributed by atoms with Crippen molar-refractivity contribution in [2.75, 3.05) is 0 Å². The number of aromatic carboxylic acids is 1. The fourth-order valence-electron chi connectivity index (χ4n) is 1.96. The highest BCUT2D eigenvalue weighted by Crippen LogP contribution is 2.28. The SMILES string of the molecule is O=C(O)/C(=C/c1ccc(O)c(O)c1)c1ccccc1C(=O)O. The molecule has 0 spiro atoms. The van der Waals surface area contributed by atoms with E-state index < -0.39 is 17.7 Å². The summed E-state index contributed by atoms with van der Waals surface area (Å²) in [6.07, 6.45) is 1.23. The molecule has 6 nitrogen and oxygen atoms in total. The zero-order chi connectivity index (χ0) is 16.3. The van der Waals surface area contributed by atoms with Gasteiger partial charge in [0.25, 0.3) is 0 Å². The summed E-state index contributed by atoms with van der Waals surface area (Å²) in [6, 6.07) is 9.53. The summed E-state index contributed by atoms with van der Waals surface area (Å²) in [7, 11) is 0. The number of carbonyl (C=O) groups is 2. The van der Waals surface area contributed by atoms with Crippen LogP contribution in [-0.4, -0.2) is 32.4 Å². The Morgan fingerprint density at radius 1 is 0.864 bits per heavy atom. The Labute approximate surface area is 125 Å². The maximum atomic E-state index is 11.5. The third-order valence-electron chi connectivity index (χ3n) is 2.99. The van der Waals surface area contributed by atoms with Gasteiger partial charge in [-0.15, -0.1) is 0 Å². The van der Waals surface area contributed by atoms with E-state index >= 15 is 0 Å². The number of hydrogen-bond donors (Lipinski definition) is 4. The molecule has 0 bridgehead atoms. The van der Waals surface area contributed by atoms with Crippen molar-refractivity contribution in [3.63, 3.8) is 0 Å². The molecule has 0 aliphatic carbocycles. The van der Waals surface area contributed by atoms with E-state index in [1.165, 1.54) is 48.5 Å². The van der Waals surface area contributed by atoms with Crippen molar-refractivity contribution in [1.82, 2.24) is 0 Å². The highest BCUT2D eigenvalue weighted by molar-refractivity contribution is 6.22. The molecular weight excluding hydrogens is 288 g/mol. The molecular formula is C16H12O6. The molecule has 0 heterocycles. The molecule has 0 amide bonds. The van der Waals surface area contributed by atoms with E-state index in [0.717, 1.165) is 0 Å². The van der Waals surface area contributed by atoms with Crippen molar-refractivity contribution in [2.24, 2.45) is 0 Å². The van der Waals surface area contributed by atoms with Gasteiger partial charge in [0.05, 0.1) is 11.1 Å². The van der Waals surface area contributed by atoms with Crippen LogP contribution in [-0.2, 0) is 4.79 Å². The van der Waals surface area contributed by atoms with Crippen LogP contribution in [0.1, 0.15) is 21.5 Å². The van der Waals surface area contributed by atoms with Gasteiger partial charge in [-0.3, -0.25) is 0 Å². The number of phenolic OH excluding ortho intramolecular Hbond substituents is 2. The highest BCUT2D eigenvalue weighted by atomic mass is 16.4. The summed E-state index contributed by atoms with van der Waals surface area (Å²) in [4.78, 5) is 22.7. The van der Waals surface area contributed by atoms with Gasteiger partial charge in [0.1, 0.15) is 0 Å². The van der Waals surface area contributed by atoms with Crippen molar-refractivity contribution < 1.29 is 30.0 Å². The maximum Gasteiger partial charge on any atom is 0.336 e. The van der Waals surface area contributed by atoms with Gasteiger partial charge in [-0.05, 0) is 29.8 Å². The molecule has 22 heavy (non-hydrogen) atoms. The van der Waals surface area contributed by atoms with Crippen LogP contribution in [0.4, 0.5) is 0 Å². The third-order valence-corrected chi connectivity index (χ3v) is 2.99. The molecule has 0 aliphatic heterocycles. The van der Waals surface area contributed by atoms with E-state index in [9.17, 15) is 24.9 Å². The Hall–Kier alpha value is -3.28. The van der Waals surface area contributed by atoms with E-state index in [1.54, 1.807) is 0 Å². The Morgan fingerprint density at radius 2 is 1.50 bits per heavy atom. The van der Waals surface area contributed by atoms with Gasteiger partial charge in [0.15, 0.2) is 11.5 Å². The standard InChI is InChI=1S/C16H12O6/c17-13-6-5-9(8-14(13)18)7-12(16(21)22)10-3-1-2-4-11(10)15(19)20/h1-8,17-18H,(H,19,20)(H,21,22)/b12-7+. The molecule has 0 saturated heterocycles. The Balaban J connectivity index is 2.60. The van der Waals surface area contributed by atoms with Crippen LogP contribution in [0.25, 0.3) is 11.6 Å². The molecule has 4 N–H and O–H groups in total. The Morgan fingerprint density at radius 3 is 2.05 bits per heavy atom. The van der Waals surface area contributed by atoms with E-state index in [0.29, 0.717) is 5.56 Å². The Bertz CT molecular complexity index is 776. The first kappa shape index (κ1) is 15.1. The number of aromatic hydroxyl groups is 2. The largest absolute Gasteiger partial charge is 0.504 e. The fourth-order valence-corrected chi connectivity index (χ4v) is 1.96. The molecule has 2 aromatic rings. The number of phenols is 2. The lowest BCUT2D eigenvalue weighted by Crippen LogP contribution is -2.07. The maximum absolute atomic E-state index is 11.5. The topological polar surface area (TPSA) is 115 Å². The number of carboxylic acids is 2. The lowest BCUT2D eigenvalue weighted by Gasteiger charge is -2.07. The van der Waals surface area contributed by atoms with Crippen LogP contribution in [0.2, 0.25) is 0 Å². The lowest BCUT2D eigenvalue weighted by molar-refractivity contribution is -0.130. The number of benzene rings is 2. The third kappa shape index (κ3) is 3.06. The second-order valence-electron chi connectivity index (χ2n) is 4.46. The molecule has 0 fully saturated rings. The van der Waals surface area contributed by atoms with Crippen LogP contribution in [0.3, 0.4) is 0 Å². The predicted molar refractivity (Wildman–Crippen MR) is 78.7 cm³/mol. The zero-order valence-corrected chi connectivity index (χ0v) is 11.2. The first-order chi connectivity index (χ1) is 10.4. The first-order valence-electron chi connectivity index (χ1n) is 6.20. The van der Waals surface area contributed by atoms with Crippen molar-refractivity contribution in [3.8, 4) is 11.5 Å². The van der Waals surface area contributed by atoms with E-state index in [-0.39, 0.29) is 22.4 Å². The highest BCUT2D eigenvalue weighted by Gasteiger charge is 2.18. The van der Waals surface area contributed by atoms with Gasteiger partial charge in [0, 0.05) is 5.56 Å². The molecule has 0 atom stereocenters. The van der Waals surface area contributed by atoms with Crippen LogP contribution in [0, 0.1) is 0 Å². The molecule has 112 valence electrons. The predicted octanol–water partition coefficient (Wildman–Crippen LogP) is 2.42. The summed E-state index contributed by atoms with van der Waals surface area (Å²) in [6.45, 7) is 0. The van der Waals surface area contributed by atoms with Gasteiger partial charge < -0.3 is 20.4 Å². The molecule has 0 saturated carbocycles. The minimum Gasteiger partial charge on any atom is -0.504 e. The lowest BCUT2D eigenvalue weighted by atomic mass is 9.97. The number of aliphatic carboxylic acids is 1.